The maximum atomic E-state index is 12.0. The molecule has 2 aromatic carbocycles. The third kappa shape index (κ3) is 5.46. The summed E-state index contributed by atoms with van der Waals surface area (Å²) in [5, 5.41) is 2.42. The molecule has 1 N–H and O–H groups in total. The van der Waals surface area contributed by atoms with Crippen molar-refractivity contribution >= 4 is 21.8 Å². The molecule has 6 heteroatoms. The van der Waals surface area contributed by atoms with Gasteiger partial charge in [-0.2, -0.15) is 8.42 Å². The Morgan fingerprint density at radius 1 is 1.08 bits per heavy atom. The Morgan fingerprint density at radius 2 is 1.76 bits per heavy atom. The van der Waals surface area contributed by atoms with Crippen molar-refractivity contribution in [2.45, 2.75) is 25.7 Å². The average molecular weight is 359 g/mol. The summed E-state index contributed by atoms with van der Waals surface area (Å²) < 4.78 is 28.6. The monoisotopic (exact) mass is 359 g/mol. The summed E-state index contributed by atoms with van der Waals surface area (Å²) >= 11 is 0. The minimum absolute atomic E-state index is 0.0558. The number of allylic oxidation sites excluding steroid dienone is 1. The van der Waals surface area contributed by atoms with E-state index in [4.69, 9.17) is 0 Å². The summed E-state index contributed by atoms with van der Waals surface area (Å²) in [4.78, 5) is 11.7. The van der Waals surface area contributed by atoms with Crippen molar-refractivity contribution in [2.24, 2.45) is 0 Å². The molecular formula is C19H21NO4S. The van der Waals surface area contributed by atoms with Gasteiger partial charge in [-0.25, -0.2) is 4.79 Å². The fourth-order valence-electron chi connectivity index (χ4n) is 2.18. The van der Waals surface area contributed by atoms with Crippen LogP contribution in [0.1, 0.15) is 23.6 Å². The summed E-state index contributed by atoms with van der Waals surface area (Å²) in [7, 11) is -4.12. The van der Waals surface area contributed by atoms with Gasteiger partial charge in [-0.1, -0.05) is 53.6 Å². The number of nitrogens with one attached hydrogen (secondary N) is 1. The van der Waals surface area contributed by atoms with E-state index in [0.29, 0.717) is 0 Å². The summed E-state index contributed by atoms with van der Waals surface area (Å²) in [6, 6.07) is 14.1. The van der Waals surface area contributed by atoms with Crippen molar-refractivity contribution in [3.8, 4) is 0 Å². The van der Waals surface area contributed by atoms with Gasteiger partial charge in [0.25, 0.3) is 0 Å². The van der Waals surface area contributed by atoms with E-state index in [1.54, 1.807) is 18.2 Å². The lowest BCUT2D eigenvalue weighted by Crippen LogP contribution is -2.27. The molecule has 132 valence electrons. The van der Waals surface area contributed by atoms with Crippen LogP contribution < -0.4 is 5.32 Å². The minimum atomic E-state index is -4.12. The Labute approximate surface area is 148 Å². The Balaban J connectivity index is 1.94. The predicted octanol–water partition coefficient (Wildman–Crippen LogP) is 3.82. The summed E-state index contributed by atoms with van der Waals surface area (Å²) in [6.07, 6.45) is 0.794. The SMILES string of the molecule is C/C(=C/CNC(=O)OS(=O)(=O)c1ccc(C)cc1)c1cccc(C)c1. The number of carbonyl (C=O) groups excluding carboxylic acids is 1. The van der Waals surface area contributed by atoms with Crippen LogP contribution >= 0.6 is 0 Å². The van der Waals surface area contributed by atoms with E-state index in [2.05, 4.69) is 9.50 Å². The van der Waals surface area contributed by atoms with Crippen molar-refractivity contribution in [3.05, 3.63) is 71.3 Å². The molecule has 0 atom stereocenters. The average Bonchev–Trinajstić information content (AvgIpc) is 2.54. The quantitative estimate of drug-likeness (QED) is 0.824. The third-order valence-electron chi connectivity index (χ3n) is 3.62. The van der Waals surface area contributed by atoms with E-state index in [0.717, 1.165) is 22.3 Å². The van der Waals surface area contributed by atoms with Crippen LogP contribution in [-0.2, 0) is 14.3 Å². The van der Waals surface area contributed by atoms with Crippen molar-refractivity contribution in [2.75, 3.05) is 6.54 Å². The molecule has 0 aliphatic heterocycles. The number of carbonyl (C=O) groups is 1. The summed E-state index contributed by atoms with van der Waals surface area (Å²) in [5.41, 5.74) is 4.08. The molecule has 0 fully saturated rings. The van der Waals surface area contributed by atoms with Gasteiger partial charge < -0.3 is 9.50 Å². The van der Waals surface area contributed by atoms with E-state index in [1.165, 1.54) is 12.1 Å². The fraction of sp³-hybridized carbons (Fsp3) is 0.211. The second-order valence-electron chi connectivity index (χ2n) is 5.78. The van der Waals surface area contributed by atoms with Crippen LogP contribution in [0.25, 0.3) is 5.57 Å². The van der Waals surface area contributed by atoms with Gasteiger partial charge in [0.1, 0.15) is 4.90 Å². The number of aryl methyl sites for hydroxylation is 2. The molecule has 0 aliphatic carbocycles. The second-order valence-corrected chi connectivity index (χ2v) is 7.32. The smallest absolute Gasteiger partial charge is 0.324 e. The number of hydrogen-bond donors (Lipinski definition) is 1. The van der Waals surface area contributed by atoms with Crippen LogP contribution in [0.5, 0.6) is 0 Å². The first-order chi connectivity index (χ1) is 11.8. The van der Waals surface area contributed by atoms with Crippen molar-refractivity contribution < 1.29 is 17.4 Å². The zero-order chi connectivity index (χ0) is 18.4. The largest absolute Gasteiger partial charge is 0.423 e. The van der Waals surface area contributed by atoms with Crippen LogP contribution in [0.2, 0.25) is 0 Å². The number of benzene rings is 2. The van der Waals surface area contributed by atoms with Crippen molar-refractivity contribution in [1.82, 2.24) is 5.32 Å². The highest BCUT2D eigenvalue weighted by Gasteiger charge is 2.19. The molecule has 0 aliphatic rings. The van der Waals surface area contributed by atoms with Gasteiger partial charge in [-0.15, -0.1) is 0 Å². The fourth-order valence-corrected chi connectivity index (χ4v) is 3.00. The molecule has 5 nitrogen and oxygen atoms in total. The molecule has 0 saturated heterocycles. The van der Waals surface area contributed by atoms with Crippen LogP contribution in [0.3, 0.4) is 0 Å². The van der Waals surface area contributed by atoms with Gasteiger partial charge in [0, 0.05) is 6.54 Å². The first-order valence-corrected chi connectivity index (χ1v) is 9.21. The molecule has 0 bridgehead atoms. The molecule has 0 spiro atoms. The van der Waals surface area contributed by atoms with Crippen LogP contribution in [0.4, 0.5) is 4.79 Å². The molecule has 2 aromatic rings. The van der Waals surface area contributed by atoms with Crippen molar-refractivity contribution in [3.63, 3.8) is 0 Å². The topological polar surface area (TPSA) is 72.5 Å². The third-order valence-corrected chi connectivity index (χ3v) is 4.84. The summed E-state index contributed by atoms with van der Waals surface area (Å²) in [5.74, 6) is 0. The maximum Gasteiger partial charge on any atom is 0.423 e. The first kappa shape index (κ1) is 18.7. The van der Waals surface area contributed by atoms with E-state index in [9.17, 15) is 13.2 Å². The van der Waals surface area contributed by atoms with E-state index in [1.807, 2.05) is 45.0 Å². The van der Waals surface area contributed by atoms with Gasteiger partial charge in [-0.05, 0) is 44.0 Å². The Bertz CT molecular complexity index is 884. The molecule has 2 rings (SSSR count). The molecule has 1 amide bonds. The molecule has 25 heavy (non-hydrogen) atoms. The predicted molar refractivity (Wildman–Crippen MR) is 97.7 cm³/mol. The van der Waals surface area contributed by atoms with E-state index < -0.39 is 16.2 Å². The van der Waals surface area contributed by atoms with Crippen LogP contribution in [-0.4, -0.2) is 21.1 Å². The lowest BCUT2D eigenvalue weighted by molar-refractivity contribution is 0.203. The highest BCUT2D eigenvalue weighted by Crippen LogP contribution is 2.15. The van der Waals surface area contributed by atoms with Gasteiger partial charge in [-0.3, -0.25) is 0 Å². The van der Waals surface area contributed by atoms with Gasteiger partial charge >= 0.3 is 16.2 Å². The van der Waals surface area contributed by atoms with E-state index >= 15 is 0 Å². The van der Waals surface area contributed by atoms with Crippen molar-refractivity contribution in [1.29, 1.82) is 0 Å². The molecule has 0 aromatic heterocycles. The number of rotatable bonds is 5. The molecule has 0 radical (unpaired) electrons. The molecule has 0 heterocycles. The Morgan fingerprint density at radius 3 is 2.40 bits per heavy atom. The summed E-state index contributed by atoms with van der Waals surface area (Å²) in [6.45, 7) is 5.93. The molecule has 0 saturated carbocycles. The van der Waals surface area contributed by atoms with E-state index in [-0.39, 0.29) is 11.4 Å². The normalized spacial score (nSPS) is 11.9. The van der Waals surface area contributed by atoms with Gasteiger partial charge in [0.2, 0.25) is 0 Å². The lowest BCUT2D eigenvalue weighted by atomic mass is 10.1. The van der Waals surface area contributed by atoms with Gasteiger partial charge in [0.15, 0.2) is 0 Å². The Kier molecular flexibility index (Phi) is 5.98. The Hall–Kier alpha value is -2.60. The zero-order valence-corrected chi connectivity index (χ0v) is 15.3. The maximum absolute atomic E-state index is 12.0. The first-order valence-electron chi connectivity index (χ1n) is 7.81. The zero-order valence-electron chi connectivity index (χ0n) is 14.4. The second kappa shape index (κ2) is 7.98. The highest BCUT2D eigenvalue weighted by molar-refractivity contribution is 7.87. The molecular weight excluding hydrogens is 338 g/mol. The standard InChI is InChI=1S/C19H21NO4S/c1-14-7-9-18(10-8-14)25(22,23)24-19(21)20-12-11-16(3)17-6-4-5-15(2)13-17/h4-11,13H,12H2,1-3H3,(H,20,21)/b16-11-. The van der Waals surface area contributed by atoms with Crippen LogP contribution in [0.15, 0.2) is 59.5 Å². The van der Waals surface area contributed by atoms with Gasteiger partial charge in [0.05, 0.1) is 0 Å². The molecule has 0 unspecified atom stereocenters. The van der Waals surface area contributed by atoms with Crippen LogP contribution in [0, 0.1) is 13.8 Å². The minimum Gasteiger partial charge on any atom is -0.324 e. The highest BCUT2D eigenvalue weighted by atomic mass is 32.2. The number of amides is 1. The number of hydrogen-bond acceptors (Lipinski definition) is 4. The lowest BCUT2D eigenvalue weighted by Gasteiger charge is -2.07.